The number of benzene rings is 2. The summed E-state index contributed by atoms with van der Waals surface area (Å²) in [6.07, 6.45) is 0.705. The van der Waals surface area contributed by atoms with Crippen LogP contribution in [0.25, 0.3) is 0 Å². The van der Waals surface area contributed by atoms with E-state index in [1.807, 2.05) is 42.8 Å². The highest BCUT2D eigenvalue weighted by Crippen LogP contribution is 2.37. The molecule has 0 saturated heterocycles. The molecule has 1 aromatic heterocycles. The molecule has 0 unspecified atom stereocenters. The second kappa shape index (κ2) is 7.63. The highest BCUT2D eigenvalue weighted by Gasteiger charge is 2.37. The Bertz CT molecular complexity index is 987. The van der Waals surface area contributed by atoms with Crippen LogP contribution in [-0.4, -0.2) is 26.0 Å². The first kappa shape index (κ1) is 18.5. The maximum absolute atomic E-state index is 13.4. The average molecular weight is 397 g/mol. The van der Waals surface area contributed by atoms with Crippen LogP contribution in [0.5, 0.6) is 0 Å². The molecule has 144 valence electrons. The highest BCUT2D eigenvalue weighted by atomic mass is 32.2. The van der Waals surface area contributed by atoms with E-state index < -0.39 is 5.25 Å². The molecule has 0 radical (unpaired) electrons. The van der Waals surface area contributed by atoms with Gasteiger partial charge in [-0.1, -0.05) is 48.5 Å². The van der Waals surface area contributed by atoms with Crippen LogP contribution in [-0.2, 0) is 11.2 Å². The van der Waals surface area contributed by atoms with Gasteiger partial charge in [-0.25, -0.2) is 9.07 Å². The van der Waals surface area contributed by atoms with Gasteiger partial charge in [0, 0.05) is 12.1 Å². The molecule has 0 fully saturated rings. The summed E-state index contributed by atoms with van der Waals surface area (Å²) < 4.78 is 15.2. The number of halogens is 1. The minimum Gasteiger partial charge on any atom is -0.325 e. The van der Waals surface area contributed by atoms with E-state index in [-0.39, 0.29) is 17.8 Å². The van der Waals surface area contributed by atoms with Crippen molar-refractivity contribution >= 4 is 23.4 Å². The summed E-state index contributed by atoms with van der Waals surface area (Å²) in [5.41, 5.74) is 6.02. The second-order valence-corrected chi connectivity index (χ2v) is 7.75. The molecule has 2 aromatic carbocycles. The quantitative estimate of drug-likeness (QED) is 0.703. The predicted molar refractivity (Wildman–Crippen MR) is 107 cm³/mol. The molecule has 28 heavy (non-hydrogen) atoms. The number of nitrogens with zero attached hydrogens (tertiary/aromatic N) is 3. The van der Waals surface area contributed by atoms with Crippen LogP contribution < -0.4 is 10.7 Å². The van der Waals surface area contributed by atoms with Gasteiger partial charge in [-0.05, 0) is 36.8 Å². The summed E-state index contributed by atoms with van der Waals surface area (Å²) in [5.74, 6) is 0.321. The molecule has 1 aliphatic heterocycles. The Labute approximate surface area is 166 Å². The van der Waals surface area contributed by atoms with Crippen LogP contribution in [0.4, 0.5) is 10.1 Å². The minimum atomic E-state index is -0.492. The maximum Gasteiger partial charge on any atom is 0.240 e. The molecule has 8 heteroatoms. The molecular formula is C20H20FN5OS. The lowest BCUT2D eigenvalue weighted by molar-refractivity contribution is -0.116. The van der Waals surface area contributed by atoms with Crippen LogP contribution in [0.2, 0.25) is 0 Å². The van der Waals surface area contributed by atoms with E-state index in [1.165, 1.54) is 23.9 Å². The molecule has 3 aromatic rings. The zero-order valence-corrected chi connectivity index (χ0v) is 16.3. The van der Waals surface area contributed by atoms with Crippen molar-refractivity contribution in [3.63, 3.8) is 0 Å². The monoisotopic (exact) mass is 397 g/mol. The summed E-state index contributed by atoms with van der Waals surface area (Å²) in [4.78, 5) is 13.1. The number of thioether (sulfide) groups is 1. The van der Waals surface area contributed by atoms with Gasteiger partial charge in [0.25, 0.3) is 0 Å². The topological polar surface area (TPSA) is 71.8 Å². The van der Waals surface area contributed by atoms with Crippen molar-refractivity contribution in [3.8, 4) is 0 Å². The van der Waals surface area contributed by atoms with E-state index in [1.54, 1.807) is 12.1 Å². The Morgan fingerprint density at radius 1 is 1.18 bits per heavy atom. The minimum absolute atomic E-state index is 0.150. The number of amides is 1. The van der Waals surface area contributed by atoms with Crippen molar-refractivity contribution in [2.75, 3.05) is 10.7 Å². The lowest BCUT2D eigenvalue weighted by Gasteiger charge is -2.33. The number of rotatable bonds is 4. The Morgan fingerprint density at radius 2 is 1.89 bits per heavy atom. The van der Waals surface area contributed by atoms with Gasteiger partial charge in [-0.3, -0.25) is 4.79 Å². The highest BCUT2D eigenvalue weighted by molar-refractivity contribution is 8.00. The first-order valence-corrected chi connectivity index (χ1v) is 9.93. The Morgan fingerprint density at radius 3 is 2.57 bits per heavy atom. The zero-order valence-electron chi connectivity index (χ0n) is 15.5. The molecule has 2 heterocycles. The van der Waals surface area contributed by atoms with Gasteiger partial charge in [0.05, 0.1) is 6.04 Å². The molecular weight excluding hydrogens is 377 g/mol. The number of aryl methyl sites for hydroxylation is 2. The molecule has 6 nitrogen and oxygen atoms in total. The molecule has 0 aliphatic carbocycles. The Kier molecular flexibility index (Phi) is 5.04. The van der Waals surface area contributed by atoms with E-state index in [0.717, 1.165) is 22.6 Å². The van der Waals surface area contributed by atoms with Crippen LogP contribution >= 0.6 is 11.8 Å². The van der Waals surface area contributed by atoms with Gasteiger partial charge in [-0.15, -0.1) is 10.2 Å². The Hall–Kier alpha value is -2.87. The predicted octanol–water partition coefficient (Wildman–Crippen LogP) is 3.69. The number of carbonyl (C=O) groups excluding carboxylic acids is 1. The van der Waals surface area contributed by atoms with E-state index >= 15 is 0 Å². The van der Waals surface area contributed by atoms with Crippen LogP contribution in [0, 0.1) is 12.7 Å². The molecule has 4 rings (SSSR count). The summed E-state index contributed by atoms with van der Waals surface area (Å²) in [5, 5.41) is 11.5. The number of aromatic nitrogens is 3. The maximum atomic E-state index is 13.4. The fraction of sp³-hybridized carbons (Fsp3) is 0.250. The SMILES string of the molecule is CCc1nnc2n1N[C@H](c1ccc(F)cc1)[C@@H](C(=O)Nc1ccc(C)cc1)S2. The average Bonchev–Trinajstić information content (AvgIpc) is 3.11. The lowest BCUT2D eigenvalue weighted by Crippen LogP contribution is -2.41. The van der Waals surface area contributed by atoms with E-state index in [2.05, 4.69) is 20.9 Å². The van der Waals surface area contributed by atoms with Gasteiger partial charge in [0.1, 0.15) is 11.1 Å². The number of fused-ring (bicyclic) bond motifs is 1. The molecule has 2 atom stereocenters. The lowest BCUT2D eigenvalue weighted by atomic mass is 10.0. The van der Waals surface area contributed by atoms with E-state index in [0.29, 0.717) is 11.6 Å². The van der Waals surface area contributed by atoms with Gasteiger partial charge >= 0.3 is 0 Å². The van der Waals surface area contributed by atoms with Crippen molar-refractivity contribution in [1.29, 1.82) is 0 Å². The molecule has 0 bridgehead atoms. The van der Waals surface area contributed by atoms with Crippen LogP contribution in [0.3, 0.4) is 0 Å². The zero-order chi connectivity index (χ0) is 19.7. The number of carbonyl (C=O) groups is 1. The van der Waals surface area contributed by atoms with Crippen LogP contribution in [0.1, 0.15) is 29.9 Å². The second-order valence-electron chi connectivity index (χ2n) is 6.64. The normalized spacial score (nSPS) is 18.2. The fourth-order valence-electron chi connectivity index (χ4n) is 3.10. The van der Waals surface area contributed by atoms with Crippen molar-refractivity contribution in [1.82, 2.24) is 14.9 Å². The fourth-order valence-corrected chi connectivity index (χ4v) is 4.20. The summed E-state index contributed by atoms with van der Waals surface area (Å²) >= 11 is 1.35. The summed E-state index contributed by atoms with van der Waals surface area (Å²) in [6, 6.07) is 13.5. The number of hydrogen-bond donors (Lipinski definition) is 2. The van der Waals surface area contributed by atoms with Crippen molar-refractivity contribution in [2.45, 2.75) is 36.7 Å². The number of nitrogens with one attached hydrogen (secondary N) is 2. The first-order valence-electron chi connectivity index (χ1n) is 9.05. The third-order valence-corrected chi connectivity index (χ3v) is 5.84. The molecule has 1 aliphatic rings. The largest absolute Gasteiger partial charge is 0.325 e. The molecule has 0 saturated carbocycles. The smallest absolute Gasteiger partial charge is 0.240 e. The molecule has 1 amide bonds. The van der Waals surface area contributed by atoms with Gasteiger partial charge in [0.15, 0.2) is 5.82 Å². The van der Waals surface area contributed by atoms with Crippen molar-refractivity contribution in [3.05, 3.63) is 71.3 Å². The standard InChI is InChI=1S/C20H20FN5OS/c1-3-16-23-24-20-26(16)25-17(13-6-8-14(21)9-7-13)18(28-20)19(27)22-15-10-4-12(2)5-11-15/h4-11,17-18,25H,3H2,1-2H3,(H,22,27)/t17-,18+/m1/s1. The van der Waals surface area contributed by atoms with Crippen LogP contribution in [0.15, 0.2) is 53.7 Å². The first-order chi connectivity index (χ1) is 13.5. The Balaban J connectivity index is 1.66. The summed E-state index contributed by atoms with van der Waals surface area (Å²) in [7, 11) is 0. The van der Waals surface area contributed by atoms with Gasteiger partial charge in [0.2, 0.25) is 11.1 Å². The molecule has 0 spiro atoms. The van der Waals surface area contributed by atoms with Crippen molar-refractivity contribution in [2.24, 2.45) is 0 Å². The molecule has 2 N–H and O–H groups in total. The third-order valence-electron chi connectivity index (χ3n) is 4.63. The van der Waals surface area contributed by atoms with E-state index in [4.69, 9.17) is 0 Å². The third kappa shape index (κ3) is 3.60. The van der Waals surface area contributed by atoms with Crippen molar-refractivity contribution < 1.29 is 9.18 Å². The van der Waals surface area contributed by atoms with Gasteiger partial charge < -0.3 is 10.7 Å². The van der Waals surface area contributed by atoms with Gasteiger partial charge in [-0.2, -0.15) is 0 Å². The summed E-state index contributed by atoms with van der Waals surface area (Å²) in [6.45, 7) is 3.99. The number of anilines is 1. The number of hydrogen-bond acceptors (Lipinski definition) is 5. The van der Waals surface area contributed by atoms with E-state index in [9.17, 15) is 9.18 Å².